The van der Waals surface area contributed by atoms with E-state index in [9.17, 15) is 18.0 Å². The number of aromatic amines is 1. The average molecular weight is 459 g/mol. The van der Waals surface area contributed by atoms with Gasteiger partial charge in [0.2, 0.25) is 12.4 Å². The molecule has 0 aliphatic carbocycles. The highest BCUT2D eigenvalue weighted by molar-refractivity contribution is 5.69. The van der Waals surface area contributed by atoms with Gasteiger partial charge >= 0.3 is 0 Å². The van der Waals surface area contributed by atoms with Crippen LogP contribution < -0.4 is 15.8 Å². The van der Waals surface area contributed by atoms with Crippen molar-refractivity contribution in [3.05, 3.63) is 64.5 Å². The Hall–Kier alpha value is -3.40. The minimum absolute atomic E-state index is 0.0228. The number of anilines is 3. The van der Waals surface area contributed by atoms with Crippen LogP contribution in [0.4, 0.5) is 30.6 Å². The van der Waals surface area contributed by atoms with Gasteiger partial charge in [0.25, 0.3) is 5.56 Å². The minimum atomic E-state index is -2.42. The Morgan fingerprint density at radius 1 is 1.18 bits per heavy atom. The molecular weight excluding hydrogens is 435 g/mol. The fourth-order valence-corrected chi connectivity index (χ4v) is 3.82. The van der Waals surface area contributed by atoms with Crippen molar-refractivity contribution < 1.29 is 17.9 Å². The molecule has 0 amide bonds. The lowest BCUT2D eigenvalue weighted by Crippen LogP contribution is -2.46. The van der Waals surface area contributed by atoms with Crippen molar-refractivity contribution in [1.82, 2.24) is 15.0 Å². The van der Waals surface area contributed by atoms with Crippen LogP contribution in [0.25, 0.3) is 11.1 Å². The van der Waals surface area contributed by atoms with E-state index in [1.54, 1.807) is 30.3 Å². The second kappa shape index (κ2) is 9.62. The molecule has 10 heteroatoms. The summed E-state index contributed by atoms with van der Waals surface area (Å²) in [6, 6.07) is 8.17. The summed E-state index contributed by atoms with van der Waals surface area (Å²) in [5.41, 5.74) is 1.50. The van der Waals surface area contributed by atoms with Gasteiger partial charge in [0.1, 0.15) is 5.69 Å². The summed E-state index contributed by atoms with van der Waals surface area (Å²) < 4.78 is 45.3. The Bertz CT molecular complexity index is 1160. The molecule has 0 spiro atoms. The van der Waals surface area contributed by atoms with Gasteiger partial charge in [0.15, 0.2) is 11.6 Å². The van der Waals surface area contributed by atoms with Gasteiger partial charge in [-0.3, -0.25) is 4.79 Å². The molecule has 1 aliphatic rings. The lowest BCUT2D eigenvalue weighted by Gasteiger charge is -2.35. The number of benzene rings is 1. The zero-order valence-electron chi connectivity index (χ0n) is 18.2. The lowest BCUT2D eigenvalue weighted by molar-refractivity contribution is -0.00572. The van der Waals surface area contributed by atoms with Crippen LogP contribution in [0.2, 0.25) is 0 Å². The second-order valence-corrected chi connectivity index (χ2v) is 8.08. The highest BCUT2D eigenvalue weighted by atomic mass is 19.3. The van der Waals surface area contributed by atoms with Gasteiger partial charge in [0, 0.05) is 31.3 Å². The molecule has 0 bridgehead atoms. The van der Waals surface area contributed by atoms with Crippen LogP contribution in [-0.4, -0.2) is 46.7 Å². The fraction of sp³-hybridized carbons (Fsp3) is 0.348. The number of hydrogen-bond acceptors (Lipinski definition) is 6. The first-order valence-electron chi connectivity index (χ1n) is 10.6. The third kappa shape index (κ3) is 5.51. The molecule has 3 aromatic rings. The highest BCUT2D eigenvalue weighted by Gasteiger charge is 2.25. The molecular formula is C23H24F3N5O2. The zero-order chi connectivity index (χ0) is 23.5. The predicted octanol–water partition coefficient (Wildman–Crippen LogP) is 4.14. The molecule has 3 heterocycles. The van der Waals surface area contributed by atoms with Crippen LogP contribution in [0.15, 0.2) is 47.5 Å². The summed E-state index contributed by atoms with van der Waals surface area (Å²) in [5.74, 6) is -0.487. The third-order valence-electron chi connectivity index (χ3n) is 5.27. The predicted molar refractivity (Wildman–Crippen MR) is 120 cm³/mol. The Morgan fingerprint density at radius 3 is 2.55 bits per heavy atom. The smallest absolute Gasteiger partial charge is 0.271 e. The summed E-state index contributed by atoms with van der Waals surface area (Å²) in [4.78, 5) is 25.3. The van der Waals surface area contributed by atoms with Gasteiger partial charge in [-0.25, -0.2) is 18.2 Å². The van der Waals surface area contributed by atoms with Crippen LogP contribution in [0.1, 0.15) is 19.4 Å². The van der Waals surface area contributed by atoms with E-state index >= 15 is 0 Å². The van der Waals surface area contributed by atoms with E-state index in [0.29, 0.717) is 35.7 Å². The highest BCUT2D eigenvalue weighted by Crippen LogP contribution is 2.25. The van der Waals surface area contributed by atoms with Crippen molar-refractivity contribution >= 4 is 17.5 Å². The van der Waals surface area contributed by atoms with Gasteiger partial charge in [-0.1, -0.05) is 24.3 Å². The maximum absolute atomic E-state index is 14.5. The van der Waals surface area contributed by atoms with Gasteiger partial charge in [-0.05, 0) is 31.0 Å². The van der Waals surface area contributed by atoms with Crippen LogP contribution in [0, 0.1) is 5.82 Å². The quantitative estimate of drug-likeness (QED) is 0.577. The Morgan fingerprint density at radius 2 is 1.88 bits per heavy atom. The number of H-pyrrole nitrogens is 1. The van der Waals surface area contributed by atoms with Crippen molar-refractivity contribution in [2.75, 3.05) is 23.3 Å². The van der Waals surface area contributed by atoms with Gasteiger partial charge in [-0.2, -0.15) is 4.98 Å². The molecule has 4 rings (SSSR count). The number of nitrogens with one attached hydrogen (secondary N) is 2. The van der Waals surface area contributed by atoms with E-state index < -0.39 is 17.8 Å². The average Bonchev–Trinajstić information content (AvgIpc) is 2.76. The number of ether oxygens (including phenoxy) is 1. The SMILES string of the molecule is C[C@@H]1CN(c2ncc(F)c(Nc3cc(-c4ccc(CC(F)F)cc4)c[nH]c3=O)n2)C[C@H](C)O1. The van der Waals surface area contributed by atoms with Gasteiger partial charge in [-0.15, -0.1) is 0 Å². The number of alkyl halides is 2. The van der Waals surface area contributed by atoms with Crippen LogP contribution in [0.3, 0.4) is 0 Å². The molecule has 174 valence electrons. The number of rotatable bonds is 6. The largest absolute Gasteiger partial charge is 0.372 e. The minimum Gasteiger partial charge on any atom is -0.372 e. The van der Waals surface area contributed by atoms with E-state index in [1.165, 1.54) is 6.20 Å². The van der Waals surface area contributed by atoms with E-state index in [-0.39, 0.29) is 30.1 Å². The Kier molecular flexibility index (Phi) is 6.64. The second-order valence-electron chi connectivity index (χ2n) is 8.08. The molecule has 2 atom stereocenters. The molecule has 1 fully saturated rings. The van der Waals surface area contributed by atoms with E-state index in [1.807, 2.05) is 18.7 Å². The number of morpholine rings is 1. The van der Waals surface area contributed by atoms with Crippen LogP contribution in [0.5, 0.6) is 0 Å². The van der Waals surface area contributed by atoms with E-state index in [2.05, 4.69) is 20.3 Å². The van der Waals surface area contributed by atoms with E-state index in [4.69, 9.17) is 4.74 Å². The molecule has 0 unspecified atom stereocenters. The molecule has 1 aromatic carbocycles. The van der Waals surface area contributed by atoms with Gasteiger partial charge < -0.3 is 19.9 Å². The molecule has 7 nitrogen and oxygen atoms in total. The summed E-state index contributed by atoms with van der Waals surface area (Å²) >= 11 is 0. The van der Waals surface area contributed by atoms with Crippen molar-refractivity contribution in [3.8, 4) is 11.1 Å². The van der Waals surface area contributed by atoms with Crippen molar-refractivity contribution in [2.45, 2.75) is 38.9 Å². The van der Waals surface area contributed by atoms with Gasteiger partial charge in [0.05, 0.1) is 18.4 Å². The molecule has 1 saturated heterocycles. The monoisotopic (exact) mass is 459 g/mol. The van der Waals surface area contributed by atoms with E-state index in [0.717, 1.165) is 6.20 Å². The first-order chi connectivity index (χ1) is 15.8. The Balaban J connectivity index is 1.58. The first-order valence-corrected chi connectivity index (χ1v) is 10.6. The lowest BCUT2D eigenvalue weighted by atomic mass is 10.0. The summed E-state index contributed by atoms with van der Waals surface area (Å²) in [6.45, 7) is 5.01. The zero-order valence-corrected chi connectivity index (χ0v) is 18.2. The van der Waals surface area contributed by atoms with Crippen LogP contribution >= 0.6 is 0 Å². The number of halogens is 3. The molecule has 0 radical (unpaired) electrons. The summed E-state index contributed by atoms with van der Waals surface area (Å²) in [7, 11) is 0. The number of aromatic nitrogens is 3. The maximum atomic E-state index is 14.5. The van der Waals surface area contributed by atoms with Crippen molar-refractivity contribution in [2.24, 2.45) is 0 Å². The maximum Gasteiger partial charge on any atom is 0.271 e. The Labute approximate surface area is 188 Å². The third-order valence-corrected chi connectivity index (χ3v) is 5.27. The van der Waals surface area contributed by atoms with Crippen molar-refractivity contribution in [1.29, 1.82) is 0 Å². The molecule has 1 aliphatic heterocycles. The molecule has 33 heavy (non-hydrogen) atoms. The summed E-state index contributed by atoms with van der Waals surface area (Å²) in [6.07, 6.45) is -0.218. The number of pyridine rings is 1. The standard InChI is InChI=1S/C23H24F3N5O2/c1-13-11-31(12-14(2)33-13)23-28-10-18(24)21(30-23)29-19-8-17(9-27-22(19)32)16-5-3-15(4-6-16)7-20(25)26/h3-6,8-10,13-14,20H,7,11-12H2,1-2H3,(H,27,32)(H,28,29,30)/t13-,14+. The normalized spacial score (nSPS) is 18.5. The first kappa shape index (κ1) is 22.8. The van der Waals surface area contributed by atoms with Crippen LogP contribution in [-0.2, 0) is 11.2 Å². The number of nitrogens with zero attached hydrogens (tertiary/aromatic N) is 3. The molecule has 0 saturated carbocycles. The fourth-order valence-electron chi connectivity index (χ4n) is 3.82. The molecule has 2 N–H and O–H groups in total. The van der Waals surface area contributed by atoms with Crippen molar-refractivity contribution in [3.63, 3.8) is 0 Å². The topological polar surface area (TPSA) is 83.1 Å². The summed E-state index contributed by atoms with van der Waals surface area (Å²) in [5, 5.41) is 2.76. The molecule has 2 aromatic heterocycles. The number of hydrogen-bond donors (Lipinski definition) is 2.